The first-order chi connectivity index (χ1) is 15.7. The maximum absolute atomic E-state index is 13.3. The lowest BCUT2D eigenvalue weighted by atomic mass is 9.88. The van der Waals surface area contributed by atoms with Crippen molar-refractivity contribution in [2.75, 3.05) is 0 Å². The average molecular weight is 459 g/mol. The third-order valence-electron chi connectivity index (χ3n) is 6.71. The predicted molar refractivity (Wildman–Crippen MR) is 106 cm³/mol. The minimum absolute atomic E-state index is 0.220. The Labute approximate surface area is 186 Å². The van der Waals surface area contributed by atoms with E-state index in [0.29, 0.717) is 31.4 Å². The van der Waals surface area contributed by atoms with Crippen LogP contribution in [0.1, 0.15) is 60.3 Å². The Hall–Kier alpha value is -3.42. The lowest BCUT2D eigenvalue weighted by molar-refractivity contribution is -0.159. The van der Waals surface area contributed by atoms with Crippen LogP contribution in [-0.2, 0) is 17.5 Å². The highest BCUT2D eigenvalue weighted by atomic mass is 19.4. The van der Waals surface area contributed by atoms with E-state index in [4.69, 9.17) is 0 Å². The molecule has 2 atom stereocenters. The quantitative estimate of drug-likeness (QED) is 0.750. The Kier molecular flexibility index (Phi) is 4.92. The fourth-order valence-corrected chi connectivity index (χ4v) is 4.66. The molecule has 2 aliphatic carbocycles. The van der Waals surface area contributed by atoms with Crippen molar-refractivity contribution in [3.8, 4) is 17.5 Å². The minimum atomic E-state index is -4.75. The number of aromatic nitrogens is 2. The molecule has 1 N–H and O–H groups in total. The van der Waals surface area contributed by atoms with Crippen LogP contribution in [0, 0.1) is 16.7 Å². The van der Waals surface area contributed by atoms with Crippen LogP contribution in [0.2, 0.25) is 0 Å². The van der Waals surface area contributed by atoms with Gasteiger partial charge >= 0.3 is 12.1 Å². The second-order valence-corrected chi connectivity index (χ2v) is 8.85. The summed E-state index contributed by atoms with van der Waals surface area (Å²) in [4.78, 5) is 31.0. The van der Waals surface area contributed by atoms with Crippen LogP contribution in [0.4, 0.5) is 13.2 Å². The fraction of sp³-hybridized carbons (Fsp3) is 0.500. The SMILES string of the molecule is N#CC1(C(=O)N[C@@H]2CCCC[C@H]2N2Cc3ccc(-c4noc(C(F)(F)F)n4)cc3C2=O)CC1. The van der Waals surface area contributed by atoms with Crippen molar-refractivity contribution in [1.82, 2.24) is 20.4 Å². The number of carbonyl (C=O) groups excluding carboxylic acids is 2. The Balaban J connectivity index is 1.36. The summed E-state index contributed by atoms with van der Waals surface area (Å²) < 4.78 is 42.6. The lowest BCUT2D eigenvalue weighted by Gasteiger charge is -2.38. The first kappa shape index (κ1) is 21.4. The number of fused-ring (bicyclic) bond motifs is 1. The number of hydrogen-bond donors (Lipinski definition) is 1. The highest BCUT2D eigenvalue weighted by Crippen LogP contribution is 2.45. The Morgan fingerprint density at radius 2 is 2.03 bits per heavy atom. The third-order valence-corrected chi connectivity index (χ3v) is 6.71. The number of alkyl halides is 3. The molecule has 2 amide bonds. The zero-order valence-electron chi connectivity index (χ0n) is 17.5. The molecule has 1 aliphatic heterocycles. The zero-order valence-corrected chi connectivity index (χ0v) is 17.5. The van der Waals surface area contributed by atoms with Gasteiger partial charge in [-0.2, -0.15) is 23.4 Å². The summed E-state index contributed by atoms with van der Waals surface area (Å²) in [6, 6.07) is 6.35. The highest BCUT2D eigenvalue weighted by Gasteiger charge is 2.52. The topological polar surface area (TPSA) is 112 Å². The van der Waals surface area contributed by atoms with E-state index in [2.05, 4.69) is 26.0 Å². The number of rotatable bonds is 4. The van der Waals surface area contributed by atoms with Crippen LogP contribution in [0.5, 0.6) is 0 Å². The second-order valence-electron chi connectivity index (χ2n) is 8.85. The van der Waals surface area contributed by atoms with Crippen molar-refractivity contribution >= 4 is 11.8 Å². The molecule has 2 saturated carbocycles. The molecule has 0 spiro atoms. The molecule has 0 bridgehead atoms. The number of benzene rings is 1. The molecule has 0 saturated heterocycles. The summed E-state index contributed by atoms with van der Waals surface area (Å²) >= 11 is 0. The van der Waals surface area contributed by atoms with Gasteiger partial charge in [-0.05, 0) is 37.3 Å². The van der Waals surface area contributed by atoms with Crippen molar-refractivity contribution in [2.24, 2.45) is 5.41 Å². The van der Waals surface area contributed by atoms with E-state index < -0.39 is 17.5 Å². The predicted octanol–water partition coefficient (Wildman–Crippen LogP) is 3.44. The van der Waals surface area contributed by atoms with Gasteiger partial charge in [0.1, 0.15) is 5.41 Å². The summed E-state index contributed by atoms with van der Waals surface area (Å²) in [5, 5.41) is 15.7. The van der Waals surface area contributed by atoms with Gasteiger partial charge in [0.15, 0.2) is 0 Å². The van der Waals surface area contributed by atoms with Crippen LogP contribution in [0.25, 0.3) is 11.4 Å². The monoisotopic (exact) mass is 459 g/mol. The fourth-order valence-electron chi connectivity index (χ4n) is 4.66. The molecule has 33 heavy (non-hydrogen) atoms. The Morgan fingerprint density at radius 3 is 2.70 bits per heavy atom. The number of halogens is 3. The van der Waals surface area contributed by atoms with Crippen molar-refractivity contribution in [3.05, 3.63) is 35.2 Å². The summed E-state index contributed by atoms with van der Waals surface area (Å²) in [6.07, 6.45) is -0.386. The summed E-state index contributed by atoms with van der Waals surface area (Å²) in [7, 11) is 0. The van der Waals surface area contributed by atoms with Crippen molar-refractivity contribution in [2.45, 2.75) is 63.3 Å². The maximum Gasteiger partial charge on any atom is 0.471 e. The van der Waals surface area contributed by atoms with Crippen molar-refractivity contribution in [3.63, 3.8) is 0 Å². The van der Waals surface area contributed by atoms with E-state index in [0.717, 1.165) is 24.8 Å². The van der Waals surface area contributed by atoms with E-state index in [1.165, 1.54) is 6.07 Å². The standard InChI is InChI=1S/C22H20F3N5O3/c23-22(24,25)20-28-17(29-33-20)12-5-6-13-10-30(18(31)14(13)9-12)16-4-2-1-3-15(16)27-19(32)21(11-26)7-8-21/h5-6,9,15-16H,1-4,7-8,10H2,(H,27,32)/t15-,16-/m1/s1. The maximum atomic E-state index is 13.3. The highest BCUT2D eigenvalue weighted by molar-refractivity contribution is 5.99. The van der Waals surface area contributed by atoms with Gasteiger partial charge < -0.3 is 14.7 Å². The lowest BCUT2D eigenvalue weighted by Crippen LogP contribution is -2.54. The van der Waals surface area contributed by atoms with E-state index in [-0.39, 0.29) is 35.3 Å². The molecule has 0 radical (unpaired) electrons. The van der Waals surface area contributed by atoms with Crippen LogP contribution >= 0.6 is 0 Å². The minimum Gasteiger partial charge on any atom is -0.350 e. The third kappa shape index (κ3) is 3.73. The molecule has 8 nitrogen and oxygen atoms in total. The smallest absolute Gasteiger partial charge is 0.350 e. The molecule has 1 aromatic heterocycles. The summed E-state index contributed by atoms with van der Waals surface area (Å²) in [5.74, 6) is -2.21. The normalized spacial score (nSPS) is 23.7. The van der Waals surface area contributed by atoms with Gasteiger partial charge in [-0.3, -0.25) is 9.59 Å². The molecule has 11 heteroatoms. The zero-order chi connectivity index (χ0) is 23.4. The van der Waals surface area contributed by atoms with E-state index >= 15 is 0 Å². The van der Waals surface area contributed by atoms with E-state index in [9.17, 15) is 28.0 Å². The van der Waals surface area contributed by atoms with Gasteiger partial charge in [-0.25, -0.2) is 0 Å². The molecule has 172 valence electrons. The molecule has 2 heterocycles. The number of hydrogen-bond acceptors (Lipinski definition) is 6. The first-order valence-corrected chi connectivity index (χ1v) is 10.8. The van der Waals surface area contributed by atoms with Crippen molar-refractivity contribution in [1.29, 1.82) is 5.26 Å². The van der Waals surface area contributed by atoms with E-state index in [1.807, 2.05) is 0 Å². The Bertz CT molecular complexity index is 1160. The van der Waals surface area contributed by atoms with E-state index in [1.54, 1.807) is 17.0 Å². The van der Waals surface area contributed by atoms with Gasteiger partial charge in [-0.1, -0.05) is 30.1 Å². The van der Waals surface area contributed by atoms with Gasteiger partial charge in [0, 0.05) is 23.7 Å². The Morgan fingerprint density at radius 1 is 1.27 bits per heavy atom. The van der Waals surface area contributed by atoms with Crippen LogP contribution in [-0.4, -0.2) is 38.9 Å². The van der Waals surface area contributed by atoms with Crippen LogP contribution in [0.3, 0.4) is 0 Å². The molecular formula is C22H20F3N5O3. The van der Waals surface area contributed by atoms with Crippen molar-refractivity contribution < 1.29 is 27.3 Å². The average Bonchev–Trinajstić information content (AvgIpc) is 3.30. The number of nitriles is 1. The van der Waals surface area contributed by atoms with Crippen LogP contribution in [0.15, 0.2) is 22.7 Å². The number of carbonyl (C=O) groups is 2. The molecular weight excluding hydrogens is 439 g/mol. The number of amides is 2. The number of nitrogens with zero attached hydrogens (tertiary/aromatic N) is 4. The van der Waals surface area contributed by atoms with Crippen LogP contribution < -0.4 is 5.32 Å². The van der Waals surface area contributed by atoms with Gasteiger partial charge in [0.05, 0.1) is 12.1 Å². The largest absolute Gasteiger partial charge is 0.471 e. The molecule has 1 aromatic carbocycles. The summed E-state index contributed by atoms with van der Waals surface area (Å²) in [6.45, 7) is 0.342. The van der Waals surface area contributed by atoms with Gasteiger partial charge in [-0.15, -0.1) is 0 Å². The second kappa shape index (κ2) is 7.57. The van der Waals surface area contributed by atoms with Gasteiger partial charge in [0.25, 0.3) is 5.91 Å². The number of nitrogens with one attached hydrogen (secondary N) is 1. The van der Waals surface area contributed by atoms with Gasteiger partial charge in [0.2, 0.25) is 11.7 Å². The molecule has 5 rings (SSSR count). The molecule has 2 fully saturated rings. The summed E-state index contributed by atoms with van der Waals surface area (Å²) in [5.41, 5.74) is 0.433. The molecule has 2 aromatic rings. The molecule has 3 aliphatic rings. The first-order valence-electron chi connectivity index (χ1n) is 10.8. The molecule has 0 unspecified atom stereocenters.